The molecule has 8 heteroatoms. The lowest BCUT2D eigenvalue weighted by Gasteiger charge is -2.03. The number of aliphatic hydroxyl groups is 1. The second-order valence-electron chi connectivity index (χ2n) is 3.54. The summed E-state index contributed by atoms with van der Waals surface area (Å²) in [6.45, 7) is 2.79. The molecule has 0 aliphatic rings. The van der Waals surface area contributed by atoms with Crippen molar-refractivity contribution >= 4 is 23.8 Å². The highest BCUT2D eigenvalue weighted by atomic mass is 16.5. The first-order valence-corrected chi connectivity index (χ1v) is 5.60. The van der Waals surface area contributed by atoms with Gasteiger partial charge in [-0.1, -0.05) is 0 Å². The van der Waals surface area contributed by atoms with Crippen LogP contribution in [0.2, 0.25) is 0 Å². The molecule has 20 heavy (non-hydrogen) atoms. The third-order valence-electron chi connectivity index (χ3n) is 2.17. The van der Waals surface area contributed by atoms with Gasteiger partial charge in [-0.05, 0) is 13.8 Å². The quantitative estimate of drug-likeness (QED) is 0.356. The van der Waals surface area contributed by atoms with Crippen LogP contribution < -0.4 is 0 Å². The summed E-state index contributed by atoms with van der Waals surface area (Å²) in [7, 11) is 0. The van der Waals surface area contributed by atoms with Gasteiger partial charge in [0.25, 0.3) is 0 Å². The molecule has 0 radical (unpaired) electrons. The van der Waals surface area contributed by atoms with Crippen molar-refractivity contribution in [2.24, 2.45) is 4.99 Å². The van der Waals surface area contributed by atoms with Crippen LogP contribution in [0.15, 0.2) is 22.5 Å². The Morgan fingerprint density at radius 3 is 2.90 bits per heavy atom. The van der Waals surface area contributed by atoms with Gasteiger partial charge >= 0.3 is 5.97 Å². The number of carbonyl (C=O) groups is 2. The van der Waals surface area contributed by atoms with Crippen molar-refractivity contribution in [3.8, 4) is 6.07 Å². The molecule has 0 amide bonds. The number of ether oxygens (including phenoxy) is 1. The van der Waals surface area contributed by atoms with Crippen molar-refractivity contribution in [2.45, 2.75) is 13.8 Å². The van der Waals surface area contributed by atoms with Gasteiger partial charge in [-0.3, -0.25) is 9.89 Å². The van der Waals surface area contributed by atoms with Crippen LogP contribution in [0.25, 0.3) is 0 Å². The molecule has 0 saturated heterocycles. The van der Waals surface area contributed by atoms with E-state index in [-0.39, 0.29) is 23.6 Å². The van der Waals surface area contributed by atoms with Crippen LogP contribution in [-0.4, -0.2) is 39.9 Å². The normalized spacial score (nSPS) is 11.8. The summed E-state index contributed by atoms with van der Waals surface area (Å²) in [5.41, 5.74) is -0.151. The summed E-state index contributed by atoms with van der Waals surface area (Å²) in [6.07, 6.45) is 2.23. The number of hydrogen-bond acceptors (Lipinski definition) is 7. The summed E-state index contributed by atoms with van der Waals surface area (Å²) in [5.74, 6) is -2.31. The van der Waals surface area contributed by atoms with E-state index in [1.807, 2.05) is 6.07 Å². The van der Waals surface area contributed by atoms with Gasteiger partial charge in [-0.15, -0.1) is 0 Å². The first-order chi connectivity index (χ1) is 9.51. The van der Waals surface area contributed by atoms with Gasteiger partial charge in [-0.25, -0.2) is 9.79 Å². The minimum Gasteiger partial charge on any atom is -0.501 e. The molecule has 104 valence electrons. The fraction of sp³-hybridized carbons (Fsp3) is 0.250. The first kappa shape index (κ1) is 15.1. The predicted octanol–water partition coefficient (Wildman–Crippen LogP) is 0.948. The average Bonchev–Trinajstić information content (AvgIpc) is 2.86. The standard InChI is InChI=1S/C12H12N4O4/c1-3-20-12(19)10(18)9(7(2)17)6-14-11-8(4-13)5-15-16-11/h5-6,18H,3H2,1-2H3,(H,15,16)/b10-9-,14-6+. The average molecular weight is 276 g/mol. The number of rotatable bonds is 5. The summed E-state index contributed by atoms with van der Waals surface area (Å²) >= 11 is 0. The zero-order valence-corrected chi connectivity index (χ0v) is 10.9. The van der Waals surface area contributed by atoms with Gasteiger partial charge in [0, 0.05) is 6.21 Å². The number of aromatic amines is 1. The van der Waals surface area contributed by atoms with Crippen LogP contribution in [0.1, 0.15) is 19.4 Å². The molecule has 1 aromatic rings. The van der Waals surface area contributed by atoms with E-state index in [2.05, 4.69) is 19.9 Å². The van der Waals surface area contributed by atoms with E-state index < -0.39 is 17.5 Å². The predicted molar refractivity (Wildman–Crippen MR) is 68.4 cm³/mol. The van der Waals surface area contributed by atoms with Crippen molar-refractivity contribution in [2.75, 3.05) is 6.61 Å². The Kier molecular flexibility index (Phi) is 5.17. The smallest absolute Gasteiger partial charge is 0.374 e. The molecular weight excluding hydrogens is 264 g/mol. The van der Waals surface area contributed by atoms with Crippen molar-refractivity contribution in [1.29, 1.82) is 5.26 Å². The maximum atomic E-state index is 11.4. The van der Waals surface area contributed by atoms with E-state index in [1.54, 1.807) is 6.92 Å². The van der Waals surface area contributed by atoms with Gasteiger partial charge in [0.1, 0.15) is 11.6 Å². The Labute approximate surface area is 114 Å². The molecule has 1 heterocycles. The number of esters is 1. The minimum atomic E-state index is -1.02. The van der Waals surface area contributed by atoms with E-state index in [9.17, 15) is 14.7 Å². The molecule has 0 aliphatic carbocycles. The van der Waals surface area contributed by atoms with Crippen LogP contribution >= 0.6 is 0 Å². The molecule has 0 saturated carbocycles. The van der Waals surface area contributed by atoms with Crippen molar-refractivity contribution in [1.82, 2.24) is 10.2 Å². The lowest BCUT2D eigenvalue weighted by atomic mass is 10.1. The van der Waals surface area contributed by atoms with Crippen molar-refractivity contribution < 1.29 is 19.4 Å². The van der Waals surface area contributed by atoms with E-state index in [0.717, 1.165) is 13.1 Å². The third kappa shape index (κ3) is 3.52. The molecule has 8 nitrogen and oxygen atoms in total. The van der Waals surface area contributed by atoms with Crippen LogP contribution in [0.3, 0.4) is 0 Å². The molecule has 2 N–H and O–H groups in total. The van der Waals surface area contributed by atoms with Gasteiger partial charge in [0.15, 0.2) is 11.6 Å². The first-order valence-electron chi connectivity index (χ1n) is 5.60. The number of nitrogens with zero attached hydrogens (tertiary/aromatic N) is 3. The fourth-order valence-corrected chi connectivity index (χ4v) is 1.22. The number of carbonyl (C=O) groups excluding carboxylic acids is 2. The Balaban J connectivity index is 3.11. The zero-order valence-electron chi connectivity index (χ0n) is 10.9. The second-order valence-corrected chi connectivity index (χ2v) is 3.54. The molecule has 0 bridgehead atoms. The highest BCUT2D eigenvalue weighted by Gasteiger charge is 2.17. The molecular formula is C12H12N4O4. The molecule has 1 aromatic heterocycles. The molecule has 0 spiro atoms. The summed E-state index contributed by atoms with van der Waals surface area (Å²) in [4.78, 5) is 26.6. The Bertz CT molecular complexity index is 622. The molecule has 0 aliphatic heterocycles. The topological polar surface area (TPSA) is 128 Å². The van der Waals surface area contributed by atoms with Gasteiger partial charge in [-0.2, -0.15) is 10.4 Å². The van der Waals surface area contributed by atoms with E-state index in [4.69, 9.17) is 5.26 Å². The number of allylic oxidation sites excluding steroid dienone is 1. The Morgan fingerprint density at radius 2 is 2.35 bits per heavy atom. The largest absolute Gasteiger partial charge is 0.501 e. The Hall–Kier alpha value is -2.95. The van der Waals surface area contributed by atoms with E-state index >= 15 is 0 Å². The highest BCUT2D eigenvalue weighted by molar-refractivity contribution is 6.16. The molecule has 0 fully saturated rings. The third-order valence-corrected chi connectivity index (χ3v) is 2.17. The summed E-state index contributed by atoms with van der Waals surface area (Å²) < 4.78 is 4.58. The highest BCUT2D eigenvalue weighted by Crippen LogP contribution is 2.14. The molecule has 1 rings (SSSR count). The number of nitriles is 1. The number of aliphatic imine (C=N–C) groups is 1. The van der Waals surface area contributed by atoms with E-state index in [0.29, 0.717) is 0 Å². The van der Waals surface area contributed by atoms with Gasteiger partial charge in [0.2, 0.25) is 5.76 Å². The number of hydrogen-bond donors (Lipinski definition) is 2. The summed E-state index contributed by atoms with van der Waals surface area (Å²) in [6, 6.07) is 1.84. The van der Waals surface area contributed by atoms with Crippen LogP contribution in [0.4, 0.5) is 5.82 Å². The lowest BCUT2D eigenvalue weighted by molar-refractivity contribution is -0.141. The minimum absolute atomic E-state index is 0.0599. The van der Waals surface area contributed by atoms with Crippen molar-refractivity contribution in [3.63, 3.8) is 0 Å². The maximum absolute atomic E-state index is 11.4. The lowest BCUT2D eigenvalue weighted by Crippen LogP contribution is -2.13. The van der Waals surface area contributed by atoms with E-state index in [1.165, 1.54) is 6.20 Å². The molecule has 0 atom stereocenters. The molecule has 0 aromatic carbocycles. The number of aromatic nitrogens is 2. The SMILES string of the molecule is CCOC(=O)/C(O)=C(\C=N\c1[nH]ncc1C#N)C(C)=O. The summed E-state index contributed by atoms with van der Waals surface area (Å²) in [5, 5.41) is 24.5. The number of H-pyrrole nitrogens is 1. The fourth-order valence-electron chi connectivity index (χ4n) is 1.22. The number of ketones is 1. The monoisotopic (exact) mass is 276 g/mol. The van der Waals surface area contributed by atoms with Gasteiger partial charge < -0.3 is 9.84 Å². The Morgan fingerprint density at radius 1 is 1.65 bits per heavy atom. The number of nitrogens with one attached hydrogen (secondary N) is 1. The van der Waals surface area contributed by atoms with Crippen molar-refractivity contribution in [3.05, 3.63) is 23.1 Å². The zero-order chi connectivity index (χ0) is 15.1. The maximum Gasteiger partial charge on any atom is 0.374 e. The van der Waals surface area contributed by atoms with Crippen LogP contribution in [0.5, 0.6) is 0 Å². The second kappa shape index (κ2) is 6.84. The number of aliphatic hydroxyl groups excluding tert-OH is 1. The van der Waals surface area contributed by atoms with Crippen LogP contribution in [-0.2, 0) is 14.3 Å². The molecule has 0 unspecified atom stereocenters. The van der Waals surface area contributed by atoms with Crippen LogP contribution in [0, 0.1) is 11.3 Å². The van der Waals surface area contributed by atoms with Gasteiger partial charge in [0.05, 0.1) is 18.4 Å². The number of Topliss-reactive ketones (excluding diaryl/α,β-unsaturated/α-hetero) is 1.